The van der Waals surface area contributed by atoms with E-state index in [4.69, 9.17) is 4.74 Å². The Labute approximate surface area is 71.8 Å². The average Bonchev–Trinajstić information content (AvgIpc) is 2.49. The number of nitrogens with one attached hydrogen (secondary N) is 1. The van der Waals surface area contributed by atoms with Crippen LogP contribution in [0.1, 0.15) is 0 Å². The van der Waals surface area contributed by atoms with Crippen LogP contribution in [0.3, 0.4) is 0 Å². The van der Waals surface area contributed by atoms with Crippen LogP contribution >= 0.6 is 0 Å². The van der Waals surface area contributed by atoms with E-state index in [2.05, 4.69) is 5.32 Å². The summed E-state index contributed by atoms with van der Waals surface area (Å²) in [6.07, 6.45) is 0. The quantitative estimate of drug-likeness (QED) is 0.652. The topological polar surface area (TPSA) is 61.4 Å². The van der Waals surface area contributed by atoms with E-state index in [1.165, 1.54) is 12.1 Å². The lowest BCUT2D eigenvalue weighted by Crippen LogP contribution is -1.96. The number of ether oxygens (including phenoxy) is 1. The van der Waals surface area contributed by atoms with E-state index in [1.54, 1.807) is 6.07 Å². The third-order valence-corrected chi connectivity index (χ3v) is 2.27. The summed E-state index contributed by atoms with van der Waals surface area (Å²) in [7, 11) is 0. The number of fused-ring (bicyclic) bond motifs is 1. The summed E-state index contributed by atoms with van der Waals surface area (Å²) >= 11 is -2.18. The Bertz CT molecular complexity index is 339. The van der Waals surface area contributed by atoms with E-state index in [0.717, 1.165) is 5.69 Å². The van der Waals surface area contributed by atoms with E-state index < -0.39 is 11.1 Å². The minimum Gasteiger partial charge on any atom is -0.768 e. The maximum Gasteiger partial charge on any atom is 0.159 e. The van der Waals surface area contributed by atoms with Crippen LogP contribution in [0.5, 0.6) is 5.75 Å². The van der Waals surface area contributed by atoms with Gasteiger partial charge in [-0.3, -0.25) is 4.21 Å². The first-order valence-electron chi connectivity index (χ1n) is 3.37. The molecule has 5 heteroatoms. The molecule has 0 spiro atoms. The van der Waals surface area contributed by atoms with E-state index in [9.17, 15) is 8.76 Å². The Morgan fingerprint density at radius 1 is 1.58 bits per heavy atom. The van der Waals surface area contributed by atoms with Gasteiger partial charge < -0.3 is 14.6 Å². The molecule has 0 radical (unpaired) electrons. The van der Waals surface area contributed by atoms with Crippen molar-refractivity contribution in [1.82, 2.24) is 0 Å². The smallest absolute Gasteiger partial charge is 0.159 e. The van der Waals surface area contributed by atoms with Crippen LogP contribution in [0.4, 0.5) is 5.69 Å². The SMILES string of the molecule is O=S([O-])c1ccc2c(c1)OCN2. The molecule has 1 aliphatic rings. The molecular weight excluding hydrogens is 178 g/mol. The Morgan fingerprint density at radius 3 is 3.17 bits per heavy atom. The monoisotopic (exact) mass is 184 g/mol. The molecule has 1 aromatic carbocycles. The van der Waals surface area contributed by atoms with Gasteiger partial charge in [0.2, 0.25) is 0 Å². The fourth-order valence-corrected chi connectivity index (χ4v) is 1.45. The van der Waals surface area contributed by atoms with Gasteiger partial charge in [0.15, 0.2) is 6.73 Å². The van der Waals surface area contributed by atoms with E-state index in [-0.39, 0.29) is 4.90 Å². The second-order valence-electron chi connectivity index (χ2n) is 2.36. The van der Waals surface area contributed by atoms with E-state index >= 15 is 0 Å². The number of hydrogen-bond donors (Lipinski definition) is 1. The second kappa shape index (κ2) is 2.76. The van der Waals surface area contributed by atoms with Crippen molar-refractivity contribution in [2.24, 2.45) is 0 Å². The first-order chi connectivity index (χ1) is 5.77. The number of benzene rings is 1. The molecule has 0 saturated carbocycles. The summed E-state index contributed by atoms with van der Waals surface area (Å²) in [4.78, 5) is 0.248. The van der Waals surface area contributed by atoms with Crippen molar-refractivity contribution in [3.63, 3.8) is 0 Å². The summed E-state index contributed by atoms with van der Waals surface area (Å²) in [6, 6.07) is 4.72. The first-order valence-corrected chi connectivity index (χ1v) is 4.45. The molecule has 1 aromatic rings. The third-order valence-electron chi connectivity index (χ3n) is 1.64. The molecule has 4 nitrogen and oxygen atoms in total. The van der Waals surface area contributed by atoms with E-state index in [0.29, 0.717) is 12.5 Å². The second-order valence-corrected chi connectivity index (χ2v) is 3.30. The van der Waals surface area contributed by atoms with Crippen LogP contribution in [0, 0.1) is 0 Å². The predicted molar refractivity (Wildman–Crippen MR) is 42.7 cm³/mol. The zero-order valence-electron chi connectivity index (χ0n) is 6.07. The molecular formula is C7H6NO3S-. The van der Waals surface area contributed by atoms with Crippen LogP contribution < -0.4 is 10.1 Å². The molecule has 0 saturated heterocycles. The van der Waals surface area contributed by atoms with Crippen LogP contribution in [0.25, 0.3) is 0 Å². The van der Waals surface area contributed by atoms with Crippen molar-refractivity contribution in [1.29, 1.82) is 0 Å². The maximum absolute atomic E-state index is 10.5. The third kappa shape index (κ3) is 1.17. The molecule has 0 fully saturated rings. The van der Waals surface area contributed by atoms with Gasteiger partial charge in [0.25, 0.3) is 0 Å². The van der Waals surface area contributed by atoms with Crippen LogP contribution in [0.15, 0.2) is 23.1 Å². The van der Waals surface area contributed by atoms with Gasteiger partial charge in [-0.25, -0.2) is 0 Å². The van der Waals surface area contributed by atoms with Crippen molar-refractivity contribution < 1.29 is 13.5 Å². The lowest BCUT2D eigenvalue weighted by Gasteiger charge is -2.05. The van der Waals surface area contributed by atoms with Crippen molar-refractivity contribution in [3.8, 4) is 5.75 Å². The summed E-state index contributed by atoms with van der Waals surface area (Å²) in [6.45, 7) is 0.407. The molecule has 1 heterocycles. The molecule has 1 unspecified atom stereocenters. The predicted octanol–water partition coefficient (Wildman–Crippen LogP) is 0.686. The molecule has 2 rings (SSSR count). The molecule has 0 aromatic heterocycles. The average molecular weight is 184 g/mol. The summed E-state index contributed by atoms with van der Waals surface area (Å²) < 4.78 is 26.2. The number of hydrogen-bond acceptors (Lipinski definition) is 4. The molecule has 0 bridgehead atoms. The number of anilines is 1. The first kappa shape index (κ1) is 7.57. The molecule has 0 amide bonds. The van der Waals surface area contributed by atoms with Crippen LogP contribution in [-0.4, -0.2) is 15.5 Å². The highest BCUT2D eigenvalue weighted by molar-refractivity contribution is 7.79. The Hall–Kier alpha value is -1.07. The lowest BCUT2D eigenvalue weighted by atomic mass is 10.3. The highest BCUT2D eigenvalue weighted by Gasteiger charge is 2.10. The maximum atomic E-state index is 10.5. The normalized spacial score (nSPS) is 16.1. The van der Waals surface area contributed by atoms with Gasteiger partial charge in [-0.15, -0.1) is 0 Å². The van der Waals surface area contributed by atoms with Crippen LogP contribution in [-0.2, 0) is 11.1 Å². The standard InChI is InChI=1S/C7H7NO3S/c9-12(10)5-1-2-6-7(3-5)11-4-8-6/h1-3,8H,4H2,(H,9,10)/p-1. The van der Waals surface area contributed by atoms with Crippen molar-refractivity contribution in [3.05, 3.63) is 18.2 Å². The summed E-state index contributed by atoms with van der Waals surface area (Å²) in [5, 5.41) is 2.94. The van der Waals surface area contributed by atoms with Gasteiger partial charge in [-0.05, 0) is 29.3 Å². The molecule has 12 heavy (non-hydrogen) atoms. The highest BCUT2D eigenvalue weighted by Crippen LogP contribution is 2.30. The van der Waals surface area contributed by atoms with Crippen molar-refractivity contribution >= 4 is 16.8 Å². The van der Waals surface area contributed by atoms with Gasteiger partial charge in [0.1, 0.15) is 5.75 Å². The van der Waals surface area contributed by atoms with Gasteiger partial charge in [0, 0.05) is 4.90 Å². The lowest BCUT2D eigenvalue weighted by molar-refractivity contribution is 0.371. The fourth-order valence-electron chi connectivity index (χ4n) is 1.06. The van der Waals surface area contributed by atoms with Crippen molar-refractivity contribution in [2.45, 2.75) is 4.90 Å². The summed E-state index contributed by atoms with van der Waals surface area (Å²) in [5.74, 6) is 0.594. The molecule has 1 aliphatic heterocycles. The summed E-state index contributed by atoms with van der Waals surface area (Å²) in [5.41, 5.74) is 0.837. The minimum absolute atomic E-state index is 0.248. The van der Waals surface area contributed by atoms with Gasteiger partial charge in [0.05, 0.1) is 5.69 Å². The molecule has 1 atom stereocenters. The Balaban J connectivity index is 2.45. The van der Waals surface area contributed by atoms with Crippen LogP contribution in [0.2, 0.25) is 0 Å². The Morgan fingerprint density at radius 2 is 2.42 bits per heavy atom. The zero-order valence-corrected chi connectivity index (χ0v) is 6.89. The molecule has 64 valence electrons. The number of rotatable bonds is 1. The van der Waals surface area contributed by atoms with Crippen molar-refractivity contribution in [2.75, 3.05) is 12.0 Å². The van der Waals surface area contributed by atoms with Gasteiger partial charge >= 0.3 is 0 Å². The highest BCUT2D eigenvalue weighted by atomic mass is 32.2. The largest absolute Gasteiger partial charge is 0.768 e. The van der Waals surface area contributed by atoms with Gasteiger partial charge in [-0.1, -0.05) is 0 Å². The minimum atomic E-state index is -2.18. The molecule has 1 N–H and O–H groups in total. The zero-order chi connectivity index (χ0) is 8.55. The van der Waals surface area contributed by atoms with E-state index in [1.807, 2.05) is 0 Å². The van der Waals surface area contributed by atoms with Gasteiger partial charge in [-0.2, -0.15) is 0 Å². The molecule has 0 aliphatic carbocycles. The Kier molecular flexibility index (Phi) is 1.74. The fraction of sp³-hybridized carbons (Fsp3) is 0.143.